The fourth-order valence-corrected chi connectivity index (χ4v) is 15.5. The van der Waals surface area contributed by atoms with Crippen LogP contribution in [0.15, 0.2) is 116 Å². The van der Waals surface area contributed by atoms with Crippen molar-refractivity contribution in [3.8, 4) is 0 Å². The summed E-state index contributed by atoms with van der Waals surface area (Å²) in [6.07, 6.45) is 44.7. The van der Waals surface area contributed by atoms with Crippen LogP contribution in [0.1, 0.15) is 275 Å². The molecule has 0 radical (unpaired) electrons. The van der Waals surface area contributed by atoms with Crippen molar-refractivity contribution < 1.29 is 90.6 Å². The number of rotatable bonds is 61. The number of ether oxygens (including phenoxy) is 9. The molecule has 0 spiro atoms. The summed E-state index contributed by atoms with van der Waals surface area (Å²) in [6, 6.07) is 0. The molecular formula is C98H152N4O19. The molecule has 0 saturated carbocycles. The Labute approximate surface area is 725 Å². The Balaban J connectivity index is 1.30. The van der Waals surface area contributed by atoms with Crippen molar-refractivity contribution in [3.63, 3.8) is 0 Å². The highest BCUT2D eigenvalue weighted by Crippen LogP contribution is 2.33. The van der Waals surface area contributed by atoms with E-state index in [-0.39, 0.29) is 171 Å². The minimum atomic E-state index is -0.521. The van der Waals surface area contributed by atoms with Crippen molar-refractivity contribution in [1.82, 2.24) is 19.6 Å². The second-order valence-electron chi connectivity index (χ2n) is 34.5. The number of hydrogen-bond donors (Lipinski definition) is 0. The van der Waals surface area contributed by atoms with Crippen molar-refractivity contribution >= 4 is 60.0 Å². The molecule has 5 unspecified atom stereocenters. The number of carbonyl (C=O) groups is 10. The zero-order chi connectivity index (χ0) is 87.8. The third-order valence-electron chi connectivity index (χ3n) is 23.0. The van der Waals surface area contributed by atoms with Gasteiger partial charge in [0.25, 0.3) is 0 Å². The van der Waals surface area contributed by atoms with Crippen LogP contribution in [0.25, 0.3) is 0 Å². The van der Waals surface area contributed by atoms with E-state index in [1.54, 1.807) is 0 Å². The molecule has 5 atom stereocenters. The average molecular weight is 1690 g/mol. The molecule has 5 rings (SSSR count). The lowest BCUT2D eigenvalue weighted by molar-refractivity contribution is -0.155. The molecule has 0 bridgehead atoms. The average Bonchev–Trinajstić information content (AvgIpc) is 0.903. The van der Waals surface area contributed by atoms with Gasteiger partial charge < -0.3 is 62.1 Å². The predicted octanol–water partition coefficient (Wildman–Crippen LogP) is 17.4. The molecule has 0 fully saturated rings. The van der Waals surface area contributed by atoms with E-state index in [9.17, 15) is 47.9 Å². The normalized spacial score (nSPS) is 17.7. The SMILES string of the molecule is CC(C)=CCCC1=CCC(C(=O)OCCCCN(CCC(=O)OCCOC(=O)C2CC=C(CCC=C(C)C)CC2)CCN(CCN(CCC=O)CCC(=O)OCCOC(=O)C2CC=C(CCC=C(C)C)CC2)CCN(CCC(=O)OCCOC(=O)C2CC=C(CCC=C(C)C)CC2)CCC(=O)OCCOC(=O)C2CC=C(CCC=C(C)C)CC2)CC1. The van der Waals surface area contributed by atoms with Crippen LogP contribution in [0, 0.1) is 29.6 Å². The summed E-state index contributed by atoms with van der Waals surface area (Å²) < 4.78 is 50.8. The van der Waals surface area contributed by atoms with Gasteiger partial charge in [0.1, 0.15) is 59.1 Å². The highest BCUT2D eigenvalue weighted by Gasteiger charge is 2.29. The molecule has 0 aromatic rings. The molecule has 0 aromatic carbocycles. The molecule has 0 saturated heterocycles. The van der Waals surface area contributed by atoms with Crippen LogP contribution in [-0.4, -0.2) is 218 Å². The fourth-order valence-electron chi connectivity index (χ4n) is 15.5. The topological polar surface area (TPSA) is 267 Å². The highest BCUT2D eigenvalue weighted by atomic mass is 16.6. The largest absolute Gasteiger partial charge is 0.465 e. The highest BCUT2D eigenvalue weighted by molar-refractivity contribution is 5.76. The van der Waals surface area contributed by atoms with Crippen LogP contribution in [0.4, 0.5) is 0 Å². The fraction of sp³-hybridized carbons (Fsp3) is 0.694. The number of aldehydes is 1. The Hall–Kier alpha value is -7.86. The van der Waals surface area contributed by atoms with Crippen LogP contribution in [0.5, 0.6) is 0 Å². The van der Waals surface area contributed by atoms with Crippen molar-refractivity contribution in [1.29, 1.82) is 0 Å². The summed E-state index contributed by atoms with van der Waals surface area (Å²) in [5.74, 6) is -4.62. The van der Waals surface area contributed by atoms with Crippen LogP contribution in [0.3, 0.4) is 0 Å². The smallest absolute Gasteiger partial charge is 0.309 e. The predicted molar refractivity (Wildman–Crippen MR) is 473 cm³/mol. The second kappa shape index (κ2) is 62.3. The first kappa shape index (κ1) is 104. The third kappa shape index (κ3) is 48.7. The molecule has 23 nitrogen and oxygen atoms in total. The summed E-state index contributed by atoms with van der Waals surface area (Å²) in [7, 11) is 0. The van der Waals surface area contributed by atoms with Crippen LogP contribution in [-0.2, 0) is 90.6 Å². The quantitative estimate of drug-likeness (QED) is 0.0180. The number of unbranched alkanes of at least 4 members (excludes halogenated alkanes) is 1. The first-order valence-electron chi connectivity index (χ1n) is 45.7. The minimum Gasteiger partial charge on any atom is -0.465 e. The molecule has 678 valence electrons. The molecule has 0 aliphatic heterocycles. The summed E-state index contributed by atoms with van der Waals surface area (Å²) >= 11 is 0. The van der Waals surface area contributed by atoms with E-state index in [4.69, 9.17) is 42.6 Å². The third-order valence-corrected chi connectivity index (χ3v) is 23.0. The molecule has 5 aliphatic carbocycles. The molecular weight excluding hydrogens is 1540 g/mol. The molecule has 23 heteroatoms. The summed E-state index contributed by atoms with van der Waals surface area (Å²) in [4.78, 5) is 141. The first-order chi connectivity index (χ1) is 58.3. The van der Waals surface area contributed by atoms with Gasteiger partial charge in [-0.1, -0.05) is 116 Å². The van der Waals surface area contributed by atoms with Crippen LogP contribution in [0.2, 0.25) is 0 Å². The lowest BCUT2D eigenvalue weighted by Crippen LogP contribution is -2.44. The van der Waals surface area contributed by atoms with Crippen molar-refractivity contribution in [2.45, 2.75) is 275 Å². The Morgan fingerprint density at radius 2 is 0.488 bits per heavy atom. The molecule has 0 heterocycles. The summed E-state index contributed by atoms with van der Waals surface area (Å²) in [5, 5.41) is 0. The number of hydrogen-bond acceptors (Lipinski definition) is 23. The molecule has 0 amide bonds. The zero-order valence-electron chi connectivity index (χ0n) is 75.8. The van der Waals surface area contributed by atoms with E-state index in [2.05, 4.69) is 140 Å². The molecule has 0 N–H and O–H groups in total. The van der Waals surface area contributed by atoms with E-state index in [0.29, 0.717) is 130 Å². The van der Waals surface area contributed by atoms with Crippen LogP contribution >= 0.6 is 0 Å². The second-order valence-corrected chi connectivity index (χ2v) is 34.5. The van der Waals surface area contributed by atoms with E-state index < -0.39 is 23.9 Å². The van der Waals surface area contributed by atoms with E-state index in [1.165, 1.54) is 55.7 Å². The van der Waals surface area contributed by atoms with Gasteiger partial charge in [-0.15, -0.1) is 0 Å². The molecule has 0 aromatic heterocycles. The first-order valence-corrected chi connectivity index (χ1v) is 45.7. The summed E-state index contributed by atoms with van der Waals surface area (Å²) in [6.45, 7) is 24.7. The van der Waals surface area contributed by atoms with Crippen molar-refractivity contribution in [2.75, 3.05) is 138 Å². The minimum absolute atomic E-state index is 0.000459. The number of esters is 9. The van der Waals surface area contributed by atoms with Gasteiger partial charge in [-0.2, -0.15) is 0 Å². The van der Waals surface area contributed by atoms with Gasteiger partial charge >= 0.3 is 53.7 Å². The Morgan fingerprint density at radius 3 is 0.711 bits per heavy atom. The zero-order valence-corrected chi connectivity index (χ0v) is 75.8. The lowest BCUT2D eigenvalue weighted by atomic mass is 9.88. The maximum absolute atomic E-state index is 13.6. The Kier molecular flexibility index (Phi) is 53.4. The number of nitrogens with zero attached hydrogens (tertiary/aromatic N) is 4. The standard InChI is InChI=1S/C98H152N4O19/c1-75(2)19-13-24-80-29-39-85(40-30-80)94(108)117-66-12-11-53-99(55-49-90(104)113-67-71-118-95(109)86-41-31-81(32-42-86)25-14-20-76(3)4)59-62-102(63-60-100(54-18-65-103)56-50-91(105)114-68-72-119-96(110)87-43-33-82(34-44-87)26-15-21-77(5)6)64-61-101(57-51-92(106)115-69-73-120-97(111)88-45-35-83(36-46-88)27-16-22-78(7)8)58-52-93(107)116-70-74-121-98(112)89-47-37-84(38-48-89)28-17-23-79(9)10/h19-23,29,31,33,35,37,65,85-89H,11-18,24-28,30,32,34,36,38-64,66-74H2,1-10H3. The molecule has 5 aliphatic rings. The van der Waals surface area contributed by atoms with Gasteiger partial charge in [0.05, 0.1) is 61.9 Å². The van der Waals surface area contributed by atoms with E-state index in [0.717, 1.165) is 109 Å². The Bertz CT molecular complexity index is 3430. The Morgan fingerprint density at radius 1 is 0.273 bits per heavy atom. The van der Waals surface area contributed by atoms with Gasteiger partial charge in [0, 0.05) is 78.4 Å². The van der Waals surface area contributed by atoms with Gasteiger partial charge in [-0.3, -0.25) is 48.1 Å². The monoisotopic (exact) mass is 1690 g/mol. The van der Waals surface area contributed by atoms with Crippen molar-refractivity contribution in [2.24, 2.45) is 29.6 Å². The van der Waals surface area contributed by atoms with Gasteiger partial charge in [0.15, 0.2) is 0 Å². The van der Waals surface area contributed by atoms with Crippen LogP contribution < -0.4 is 0 Å². The number of carbonyl (C=O) groups excluding carboxylic acids is 10. The van der Waals surface area contributed by atoms with Crippen molar-refractivity contribution in [3.05, 3.63) is 116 Å². The maximum atomic E-state index is 13.6. The van der Waals surface area contributed by atoms with Gasteiger partial charge in [-0.05, 0) is 249 Å². The maximum Gasteiger partial charge on any atom is 0.309 e. The van der Waals surface area contributed by atoms with Gasteiger partial charge in [0.2, 0.25) is 0 Å². The number of allylic oxidation sites excluding steroid dienone is 20. The molecule has 121 heavy (non-hydrogen) atoms. The summed E-state index contributed by atoms with van der Waals surface area (Å²) in [5.41, 5.74) is 13.2. The van der Waals surface area contributed by atoms with Gasteiger partial charge in [-0.25, -0.2) is 0 Å². The van der Waals surface area contributed by atoms with E-state index >= 15 is 0 Å². The van der Waals surface area contributed by atoms with E-state index in [1.807, 2.05) is 9.80 Å². The lowest BCUT2D eigenvalue weighted by Gasteiger charge is -2.32.